The molecule has 2 aliphatic heterocycles. The van der Waals surface area contributed by atoms with Gasteiger partial charge in [-0.2, -0.15) is 23.5 Å². The molecule has 1 amide bonds. The van der Waals surface area contributed by atoms with E-state index < -0.39 is 0 Å². The molecular formula is C12H23ClN2OS2. The second-order valence-corrected chi connectivity index (χ2v) is 7.26. The first kappa shape index (κ1) is 16.5. The summed E-state index contributed by atoms with van der Waals surface area (Å²) >= 11 is 4.01. The van der Waals surface area contributed by atoms with Crippen molar-refractivity contribution in [3.05, 3.63) is 0 Å². The Morgan fingerprint density at radius 2 is 2.28 bits per heavy atom. The summed E-state index contributed by atoms with van der Waals surface area (Å²) in [4.78, 5) is 11.7. The number of halogens is 1. The maximum Gasteiger partial charge on any atom is 0.220 e. The van der Waals surface area contributed by atoms with Crippen LogP contribution in [0.2, 0.25) is 0 Å². The molecule has 2 fully saturated rings. The smallest absolute Gasteiger partial charge is 0.220 e. The third-order valence-corrected chi connectivity index (χ3v) is 6.14. The van der Waals surface area contributed by atoms with Crippen LogP contribution in [0.1, 0.15) is 25.7 Å². The van der Waals surface area contributed by atoms with Crippen LogP contribution in [0.15, 0.2) is 0 Å². The molecule has 0 saturated carbocycles. The molecule has 2 N–H and O–H groups in total. The lowest BCUT2D eigenvalue weighted by atomic mass is 10.1. The van der Waals surface area contributed by atoms with Gasteiger partial charge in [0.2, 0.25) is 5.91 Å². The molecule has 0 aliphatic carbocycles. The van der Waals surface area contributed by atoms with Crippen molar-refractivity contribution in [2.24, 2.45) is 0 Å². The Balaban J connectivity index is 0.00000162. The molecular weight excluding hydrogens is 288 g/mol. The summed E-state index contributed by atoms with van der Waals surface area (Å²) in [7, 11) is 0. The van der Waals surface area contributed by atoms with Gasteiger partial charge in [0.1, 0.15) is 0 Å². The summed E-state index contributed by atoms with van der Waals surface area (Å²) in [6.45, 7) is 1.98. The molecule has 2 saturated heterocycles. The van der Waals surface area contributed by atoms with E-state index >= 15 is 0 Å². The van der Waals surface area contributed by atoms with Gasteiger partial charge < -0.3 is 10.6 Å². The normalized spacial score (nSPS) is 27.6. The van der Waals surface area contributed by atoms with Gasteiger partial charge >= 0.3 is 0 Å². The number of hydrogen-bond acceptors (Lipinski definition) is 4. The average Bonchev–Trinajstić information content (AvgIpc) is 2.88. The van der Waals surface area contributed by atoms with Gasteiger partial charge in [-0.25, -0.2) is 0 Å². The first-order valence-corrected chi connectivity index (χ1v) is 8.74. The summed E-state index contributed by atoms with van der Waals surface area (Å²) in [5.74, 6) is 3.92. The van der Waals surface area contributed by atoms with E-state index in [0.717, 1.165) is 19.5 Å². The predicted octanol–water partition coefficient (Wildman–Crippen LogP) is 1.91. The standard InChI is InChI=1S/C12H22N2OS2.ClH/c15-12(4-3-10-2-1-5-13-10)14-8-11-9-16-6-7-17-11;/h10-11,13H,1-9H2,(H,14,15);1H. The molecule has 2 atom stereocenters. The van der Waals surface area contributed by atoms with Crippen LogP contribution < -0.4 is 10.6 Å². The first-order valence-electron chi connectivity index (χ1n) is 6.54. The summed E-state index contributed by atoms with van der Waals surface area (Å²) in [5.41, 5.74) is 0. The third-order valence-electron chi connectivity index (χ3n) is 3.29. The van der Waals surface area contributed by atoms with Crippen LogP contribution in [0.3, 0.4) is 0 Å². The van der Waals surface area contributed by atoms with Crippen LogP contribution in [-0.2, 0) is 4.79 Å². The second kappa shape index (κ2) is 9.34. The van der Waals surface area contributed by atoms with E-state index in [9.17, 15) is 4.79 Å². The monoisotopic (exact) mass is 310 g/mol. The Morgan fingerprint density at radius 1 is 1.39 bits per heavy atom. The number of nitrogens with one attached hydrogen (secondary N) is 2. The molecule has 2 unspecified atom stereocenters. The van der Waals surface area contributed by atoms with Crippen LogP contribution in [0.4, 0.5) is 0 Å². The van der Waals surface area contributed by atoms with Crippen LogP contribution in [-0.4, -0.2) is 47.5 Å². The van der Waals surface area contributed by atoms with E-state index in [1.807, 2.05) is 23.5 Å². The molecule has 0 aromatic carbocycles. The van der Waals surface area contributed by atoms with E-state index in [2.05, 4.69) is 10.6 Å². The van der Waals surface area contributed by atoms with E-state index in [-0.39, 0.29) is 18.3 Å². The highest BCUT2D eigenvalue weighted by molar-refractivity contribution is 8.06. The number of rotatable bonds is 5. The highest BCUT2D eigenvalue weighted by Gasteiger charge is 2.17. The number of amides is 1. The maximum atomic E-state index is 11.7. The van der Waals surface area contributed by atoms with Gasteiger partial charge in [-0.1, -0.05) is 0 Å². The number of hydrogen-bond donors (Lipinski definition) is 2. The van der Waals surface area contributed by atoms with Crippen molar-refractivity contribution in [1.29, 1.82) is 0 Å². The van der Waals surface area contributed by atoms with Gasteiger partial charge in [-0.05, 0) is 25.8 Å². The topological polar surface area (TPSA) is 41.1 Å². The predicted molar refractivity (Wildman–Crippen MR) is 84.1 cm³/mol. The van der Waals surface area contributed by atoms with E-state index in [1.54, 1.807) is 0 Å². The van der Waals surface area contributed by atoms with Crippen molar-refractivity contribution < 1.29 is 4.79 Å². The lowest BCUT2D eigenvalue weighted by Gasteiger charge is -2.21. The third kappa shape index (κ3) is 6.04. The zero-order chi connectivity index (χ0) is 11.9. The number of carbonyl (C=O) groups excluding carboxylic acids is 1. The maximum absolute atomic E-state index is 11.7. The Bertz CT molecular complexity index is 244. The Labute approximate surface area is 124 Å². The molecule has 0 radical (unpaired) electrons. The molecule has 2 aliphatic rings. The minimum atomic E-state index is 0. The van der Waals surface area contributed by atoms with Crippen LogP contribution in [0.25, 0.3) is 0 Å². The molecule has 106 valence electrons. The van der Waals surface area contributed by atoms with Crippen molar-refractivity contribution in [2.75, 3.05) is 30.3 Å². The summed E-state index contributed by atoms with van der Waals surface area (Å²) in [6, 6.07) is 0.584. The van der Waals surface area contributed by atoms with E-state index in [1.165, 1.54) is 30.1 Å². The first-order chi connectivity index (χ1) is 8.34. The molecule has 0 spiro atoms. The van der Waals surface area contributed by atoms with Gasteiger partial charge in [0.15, 0.2) is 0 Å². The van der Waals surface area contributed by atoms with Crippen molar-refractivity contribution in [3.8, 4) is 0 Å². The molecule has 3 nitrogen and oxygen atoms in total. The zero-order valence-corrected chi connectivity index (χ0v) is 13.1. The highest BCUT2D eigenvalue weighted by Crippen LogP contribution is 2.23. The Hall–Kier alpha value is 0.420. The van der Waals surface area contributed by atoms with E-state index in [0.29, 0.717) is 17.7 Å². The Morgan fingerprint density at radius 3 is 2.94 bits per heavy atom. The van der Waals surface area contributed by atoms with Crippen molar-refractivity contribution in [2.45, 2.75) is 37.0 Å². The summed E-state index contributed by atoms with van der Waals surface area (Å²) in [5, 5.41) is 7.13. The Kier molecular flexibility index (Phi) is 8.55. The van der Waals surface area contributed by atoms with Crippen LogP contribution >= 0.6 is 35.9 Å². The summed E-state index contributed by atoms with van der Waals surface area (Å²) in [6.07, 6.45) is 4.19. The van der Waals surface area contributed by atoms with Gasteiger partial charge in [-0.15, -0.1) is 12.4 Å². The summed E-state index contributed by atoms with van der Waals surface area (Å²) < 4.78 is 0. The van der Waals surface area contributed by atoms with Crippen molar-refractivity contribution in [1.82, 2.24) is 10.6 Å². The molecule has 0 bridgehead atoms. The van der Waals surface area contributed by atoms with Gasteiger partial charge in [0, 0.05) is 41.5 Å². The molecule has 0 aromatic heterocycles. The molecule has 2 rings (SSSR count). The van der Waals surface area contributed by atoms with Crippen LogP contribution in [0.5, 0.6) is 0 Å². The molecule has 2 heterocycles. The molecule has 18 heavy (non-hydrogen) atoms. The second-order valence-electron chi connectivity index (χ2n) is 4.70. The lowest BCUT2D eigenvalue weighted by molar-refractivity contribution is -0.121. The largest absolute Gasteiger partial charge is 0.355 e. The lowest BCUT2D eigenvalue weighted by Crippen LogP contribution is -2.34. The van der Waals surface area contributed by atoms with Gasteiger partial charge in [0.05, 0.1) is 0 Å². The van der Waals surface area contributed by atoms with Crippen LogP contribution in [0, 0.1) is 0 Å². The quantitative estimate of drug-likeness (QED) is 0.814. The minimum absolute atomic E-state index is 0. The number of carbonyl (C=O) groups is 1. The van der Waals surface area contributed by atoms with Crippen molar-refractivity contribution >= 4 is 41.8 Å². The van der Waals surface area contributed by atoms with Gasteiger partial charge in [0.25, 0.3) is 0 Å². The minimum Gasteiger partial charge on any atom is -0.355 e. The number of thioether (sulfide) groups is 2. The fourth-order valence-electron chi connectivity index (χ4n) is 2.28. The highest BCUT2D eigenvalue weighted by atomic mass is 35.5. The van der Waals surface area contributed by atoms with Crippen molar-refractivity contribution in [3.63, 3.8) is 0 Å². The van der Waals surface area contributed by atoms with E-state index in [4.69, 9.17) is 0 Å². The fraction of sp³-hybridized carbons (Fsp3) is 0.917. The molecule has 0 aromatic rings. The molecule has 6 heteroatoms. The average molecular weight is 311 g/mol. The van der Waals surface area contributed by atoms with Gasteiger partial charge in [-0.3, -0.25) is 4.79 Å². The SMILES string of the molecule is Cl.O=C(CCC1CCCN1)NCC1CSCCS1. The fourth-order valence-corrected chi connectivity index (χ4v) is 4.89. The zero-order valence-electron chi connectivity index (χ0n) is 10.7.